The van der Waals surface area contributed by atoms with Crippen molar-refractivity contribution < 1.29 is 29.0 Å². The van der Waals surface area contributed by atoms with Crippen molar-refractivity contribution >= 4 is 34.2 Å². The summed E-state index contributed by atoms with van der Waals surface area (Å²) >= 11 is 0. The van der Waals surface area contributed by atoms with Gasteiger partial charge >= 0.3 is 5.97 Å². The molecule has 39 heavy (non-hydrogen) atoms. The second-order valence-electron chi connectivity index (χ2n) is 10.9. The van der Waals surface area contributed by atoms with Crippen molar-refractivity contribution in [1.82, 2.24) is 4.90 Å². The first-order valence-corrected chi connectivity index (χ1v) is 13.6. The van der Waals surface area contributed by atoms with E-state index in [-0.39, 0.29) is 31.6 Å². The summed E-state index contributed by atoms with van der Waals surface area (Å²) in [5.74, 6) is -2.94. The molecule has 2 aromatic carbocycles. The second kappa shape index (κ2) is 10.2. The molecule has 0 aromatic heterocycles. The van der Waals surface area contributed by atoms with E-state index >= 15 is 0 Å². The quantitative estimate of drug-likeness (QED) is 0.371. The maximum Gasteiger partial charge on any atom is 0.313 e. The predicted octanol–water partition coefficient (Wildman–Crippen LogP) is 3.62. The summed E-state index contributed by atoms with van der Waals surface area (Å²) in [5, 5.41) is 12.3. The minimum atomic E-state index is -1.21. The molecule has 8 heteroatoms. The smallest absolute Gasteiger partial charge is 0.313 e. The average Bonchev–Trinajstić information content (AvgIpc) is 3.51. The normalized spacial score (nSPS) is 29.8. The summed E-state index contributed by atoms with van der Waals surface area (Å²) in [6.07, 6.45) is 4.52. The van der Waals surface area contributed by atoms with Gasteiger partial charge in [-0.1, -0.05) is 56.0 Å². The first kappa shape index (κ1) is 27.1. The lowest BCUT2D eigenvalue weighted by molar-refractivity contribution is -0.159. The number of nitrogens with zero attached hydrogens (tertiary/aromatic N) is 2. The Balaban J connectivity index is 1.61. The minimum absolute atomic E-state index is 0.0225. The van der Waals surface area contributed by atoms with Gasteiger partial charge in [-0.05, 0) is 49.1 Å². The Labute approximate surface area is 228 Å². The highest BCUT2D eigenvalue weighted by atomic mass is 16.6. The van der Waals surface area contributed by atoms with E-state index in [2.05, 4.69) is 13.2 Å². The molecule has 6 atom stereocenters. The van der Waals surface area contributed by atoms with Gasteiger partial charge in [0, 0.05) is 12.2 Å². The molecule has 1 spiro atoms. The topological polar surface area (TPSA) is 96.4 Å². The van der Waals surface area contributed by atoms with Crippen LogP contribution < -0.4 is 4.90 Å². The number of aliphatic hydroxyl groups excluding tert-OH is 1. The van der Waals surface area contributed by atoms with Crippen molar-refractivity contribution in [3.63, 3.8) is 0 Å². The molecule has 3 aliphatic heterocycles. The van der Waals surface area contributed by atoms with Crippen LogP contribution in [0.3, 0.4) is 0 Å². The van der Waals surface area contributed by atoms with Crippen molar-refractivity contribution in [3.8, 4) is 0 Å². The number of fused-ring (bicyclic) bond motifs is 2. The van der Waals surface area contributed by atoms with Crippen LogP contribution >= 0.6 is 0 Å². The van der Waals surface area contributed by atoms with Crippen molar-refractivity contribution in [2.24, 2.45) is 11.8 Å². The van der Waals surface area contributed by atoms with Crippen molar-refractivity contribution in [2.45, 2.75) is 56.4 Å². The predicted molar refractivity (Wildman–Crippen MR) is 148 cm³/mol. The minimum Gasteiger partial charge on any atom is -0.461 e. The fourth-order valence-corrected chi connectivity index (χ4v) is 6.98. The molecule has 3 saturated heterocycles. The third-order valence-electron chi connectivity index (χ3n) is 8.74. The monoisotopic (exact) mass is 532 g/mol. The number of benzene rings is 2. The number of amides is 2. The average molecular weight is 533 g/mol. The number of hydrogen-bond donors (Lipinski definition) is 1. The number of rotatable bonds is 10. The SMILES string of the molecule is C=CCOC(=O)[C@H]1[C@H]2C(=O)N([C@@H](CC)CO)C(C(=O)N(CC=C)c3ccc4ccccc4c3)C23CC[C@]1(C)O3. The summed E-state index contributed by atoms with van der Waals surface area (Å²) in [7, 11) is 0. The Bertz CT molecular complexity index is 1320. The first-order chi connectivity index (χ1) is 18.8. The van der Waals surface area contributed by atoms with E-state index in [9.17, 15) is 19.5 Å². The highest BCUT2D eigenvalue weighted by molar-refractivity contribution is 6.05. The van der Waals surface area contributed by atoms with Gasteiger partial charge < -0.3 is 24.4 Å². The molecule has 0 saturated carbocycles. The van der Waals surface area contributed by atoms with Crippen molar-refractivity contribution in [2.75, 3.05) is 24.7 Å². The van der Waals surface area contributed by atoms with Crippen LogP contribution in [0, 0.1) is 11.8 Å². The zero-order valence-electron chi connectivity index (χ0n) is 22.5. The fraction of sp³-hybridized carbons (Fsp3) is 0.452. The first-order valence-electron chi connectivity index (χ1n) is 13.6. The zero-order chi connectivity index (χ0) is 27.9. The maximum absolute atomic E-state index is 14.6. The highest BCUT2D eigenvalue weighted by Gasteiger charge is 2.79. The van der Waals surface area contributed by atoms with Crippen LogP contribution in [0.4, 0.5) is 5.69 Å². The Hall–Kier alpha value is -3.49. The number of hydrogen-bond acceptors (Lipinski definition) is 6. The molecule has 2 amide bonds. The van der Waals surface area contributed by atoms with Gasteiger partial charge in [0.05, 0.1) is 24.2 Å². The van der Waals surface area contributed by atoms with Gasteiger partial charge in [0.25, 0.3) is 5.91 Å². The van der Waals surface area contributed by atoms with E-state index < -0.39 is 41.1 Å². The molecule has 0 radical (unpaired) electrons. The molecular weight excluding hydrogens is 496 g/mol. The van der Waals surface area contributed by atoms with Crippen LogP contribution in [0.15, 0.2) is 67.8 Å². The van der Waals surface area contributed by atoms with Gasteiger partial charge in [0.15, 0.2) is 0 Å². The molecule has 1 N–H and O–H groups in total. The van der Waals surface area contributed by atoms with E-state index in [1.165, 1.54) is 11.0 Å². The van der Waals surface area contributed by atoms with Gasteiger partial charge in [-0.3, -0.25) is 14.4 Å². The van der Waals surface area contributed by atoms with Gasteiger partial charge in [0.2, 0.25) is 5.91 Å². The zero-order valence-corrected chi connectivity index (χ0v) is 22.5. The molecule has 3 heterocycles. The van der Waals surface area contributed by atoms with Crippen LogP contribution in [-0.2, 0) is 23.9 Å². The van der Waals surface area contributed by atoms with Crippen LogP contribution in [0.2, 0.25) is 0 Å². The van der Waals surface area contributed by atoms with Gasteiger partial charge in [-0.25, -0.2) is 0 Å². The summed E-state index contributed by atoms with van der Waals surface area (Å²) in [6, 6.07) is 12.1. The number of carbonyl (C=O) groups is 3. The summed E-state index contributed by atoms with van der Waals surface area (Å²) in [5.41, 5.74) is -1.47. The third-order valence-corrected chi connectivity index (χ3v) is 8.74. The Morgan fingerprint density at radius 1 is 1.21 bits per heavy atom. The molecule has 2 aromatic rings. The van der Waals surface area contributed by atoms with Crippen LogP contribution in [-0.4, -0.2) is 70.8 Å². The molecule has 0 aliphatic carbocycles. The summed E-state index contributed by atoms with van der Waals surface area (Å²) in [6.45, 7) is 11.1. The number of esters is 1. The third kappa shape index (κ3) is 4.08. The Morgan fingerprint density at radius 2 is 1.95 bits per heavy atom. The molecule has 206 valence electrons. The molecule has 2 unspecified atom stereocenters. The van der Waals surface area contributed by atoms with E-state index in [1.54, 1.807) is 11.0 Å². The highest BCUT2D eigenvalue weighted by Crippen LogP contribution is 2.63. The number of carbonyl (C=O) groups excluding carboxylic acids is 3. The number of ether oxygens (including phenoxy) is 2. The van der Waals surface area contributed by atoms with E-state index in [4.69, 9.17) is 9.47 Å². The lowest BCUT2D eigenvalue weighted by Crippen LogP contribution is -2.59. The van der Waals surface area contributed by atoms with Crippen LogP contribution in [0.1, 0.15) is 33.1 Å². The van der Waals surface area contributed by atoms with Gasteiger partial charge in [-0.2, -0.15) is 0 Å². The van der Waals surface area contributed by atoms with E-state index in [0.717, 1.165) is 10.8 Å². The largest absolute Gasteiger partial charge is 0.461 e. The molecular formula is C31H36N2O6. The van der Waals surface area contributed by atoms with E-state index in [0.29, 0.717) is 24.9 Å². The molecule has 3 aliphatic rings. The number of likely N-dealkylation sites (tertiary alicyclic amines) is 1. The van der Waals surface area contributed by atoms with Gasteiger partial charge in [-0.15, -0.1) is 6.58 Å². The molecule has 8 nitrogen and oxygen atoms in total. The lowest BCUT2D eigenvalue weighted by Gasteiger charge is -2.39. The molecule has 5 rings (SSSR count). The summed E-state index contributed by atoms with van der Waals surface area (Å²) in [4.78, 5) is 45.2. The van der Waals surface area contributed by atoms with E-state index in [1.807, 2.05) is 56.3 Å². The van der Waals surface area contributed by atoms with Crippen molar-refractivity contribution in [1.29, 1.82) is 0 Å². The van der Waals surface area contributed by atoms with Crippen LogP contribution in [0.25, 0.3) is 10.8 Å². The lowest BCUT2D eigenvalue weighted by atomic mass is 9.66. The Kier molecular flexibility index (Phi) is 7.11. The van der Waals surface area contributed by atoms with Crippen molar-refractivity contribution in [3.05, 3.63) is 67.8 Å². The van der Waals surface area contributed by atoms with Crippen LogP contribution in [0.5, 0.6) is 0 Å². The Morgan fingerprint density at radius 3 is 2.62 bits per heavy atom. The fourth-order valence-electron chi connectivity index (χ4n) is 6.98. The second-order valence-corrected chi connectivity index (χ2v) is 10.9. The number of aliphatic hydroxyl groups is 1. The molecule has 2 bridgehead atoms. The molecule has 3 fully saturated rings. The number of anilines is 1. The van der Waals surface area contributed by atoms with Gasteiger partial charge in [0.1, 0.15) is 24.2 Å². The standard InChI is InChI=1S/C31H36N2O6/c1-5-16-32(23-13-12-20-10-8-9-11-21(20)18-23)28(36)26-31-15-14-30(4,39-31)25(29(37)38-17-6-2)24(31)27(35)33(26)22(7-3)19-34/h5-6,8-13,18,22,24-26,34H,1-2,7,14-17,19H2,3-4H3/t22-,24-,25+,26?,30-,31?/m0/s1. The maximum atomic E-state index is 14.6. The summed E-state index contributed by atoms with van der Waals surface area (Å²) < 4.78 is 12.1.